The first-order valence-electron chi connectivity index (χ1n) is 9.16. The van der Waals surface area contributed by atoms with Crippen molar-refractivity contribution in [3.05, 3.63) is 71.8 Å². The lowest BCUT2D eigenvalue weighted by atomic mass is 10.0. The fraction of sp³-hybridized carbons (Fsp3) is 0.227. The number of nitrogens with two attached hydrogens (primary N) is 1. The minimum atomic E-state index is -0.822. The number of ether oxygens (including phenoxy) is 1. The van der Waals surface area contributed by atoms with E-state index in [-0.39, 0.29) is 6.42 Å². The molecule has 0 aliphatic heterocycles. The van der Waals surface area contributed by atoms with Gasteiger partial charge in [0.15, 0.2) is 0 Å². The van der Waals surface area contributed by atoms with Crippen molar-refractivity contribution in [1.29, 1.82) is 0 Å². The minimum absolute atomic E-state index is 0.0809. The third-order valence-corrected chi connectivity index (χ3v) is 4.53. The number of rotatable bonds is 8. The second-order valence-electron chi connectivity index (χ2n) is 6.55. The zero-order valence-electron chi connectivity index (χ0n) is 15.8. The molecule has 0 atom stereocenters. The number of carboxylic acid groups (broad SMARTS) is 1. The highest BCUT2D eigenvalue weighted by molar-refractivity contribution is 5.66. The molecule has 0 fully saturated rings. The molecule has 0 unspecified atom stereocenters. The van der Waals surface area contributed by atoms with Crippen LogP contribution in [0.25, 0.3) is 11.3 Å². The fourth-order valence-corrected chi connectivity index (χ4v) is 3.02. The summed E-state index contributed by atoms with van der Waals surface area (Å²) in [5.41, 5.74) is 10.2. The summed E-state index contributed by atoms with van der Waals surface area (Å²) in [6.45, 7) is 0.453. The monoisotopic (exact) mass is 378 g/mol. The fourth-order valence-electron chi connectivity index (χ4n) is 3.02. The highest BCUT2D eigenvalue weighted by Crippen LogP contribution is 2.22. The molecule has 3 aromatic rings. The molecule has 144 valence electrons. The molecule has 2 aromatic carbocycles. The van der Waals surface area contributed by atoms with Gasteiger partial charge in [-0.2, -0.15) is 0 Å². The summed E-state index contributed by atoms with van der Waals surface area (Å²) in [6.07, 6.45) is 1.20. The SMILES string of the molecule is COc1ccc(Cc2cc(-c3ccccc3)n[n+](CCCC(=O)O)c2N)cc1. The van der Waals surface area contributed by atoms with Crippen molar-refractivity contribution in [2.75, 3.05) is 12.8 Å². The van der Waals surface area contributed by atoms with E-state index in [0.717, 1.165) is 28.1 Å². The van der Waals surface area contributed by atoms with Crippen molar-refractivity contribution in [2.45, 2.75) is 25.8 Å². The number of carbonyl (C=O) groups is 1. The highest BCUT2D eigenvalue weighted by Gasteiger charge is 2.17. The smallest absolute Gasteiger partial charge is 0.303 e. The van der Waals surface area contributed by atoms with Crippen LogP contribution < -0.4 is 15.2 Å². The molecule has 3 rings (SSSR count). The van der Waals surface area contributed by atoms with Crippen molar-refractivity contribution in [2.24, 2.45) is 0 Å². The lowest BCUT2D eigenvalue weighted by molar-refractivity contribution is -0.740. The maximum Gasteiger partial charge on any atom is 0.303 e. The minimum Gasteiger partial charge on any atom is -0.497 e. The average molecular weight is 378 g/mol. The van der Waals surface area contributed by atoms with Crippen LogP contribution >= 0.6 is 0 Å². The average Bonchev–Trinajstić information content (AvgIpc) is 2.71. The molecule has 6 nitrogen and oxygen atoms in total. The molecule has 3 N–H and O–H groups in total. The lowest BCUT2D eigenvalue weighted by Crippen LogP contribution is -2.42. The summed E-state index contributed by atoms with van der Waals surface area (Å²) in [7, 11) is 1.64. The quantitative estimate of drug-likeness (QED) is 0.588. The Balaban J connectivity index is 1.95. The van der Waals surface area contributed by atoms with Gasteiger partial charge in [-0.15, -0.1) is 4.68 Å². The molecule has 0 spiro atoms. The van der Waals surface area contributed by atoms with Crippen LogP contribution in [0.1, 0.15) is 24.0 Å². The summed E-state index contributed by atoms with van der Waals surface area (Å²) >= 11 is 0. The number of carboxylic acids is 1. The van der Waals surface area contributed by atoms with Crippen LogP contribution in [0.4, 0.5) is 5.82 Å². The maximum atomic E-state index is 10.9. The lowest BCUT2D eigenvalue weighted by Gasteiger charge is -2.10. The molecule has 0 saturated heterocycles. The number of nitrogens with zero attached hydrogens (tertiary/aromatic N) is 2. The highest BCUT2D eigenvalue weighted by atomic mass is 16.5. The third kappa shape index (κ3) is 4.85. The molecular weight excluding hydrogens is 354 g/mol. The number of hydrogen-bond acceptors (Lipinski definition) is 4. The molecule has 1 aromatic heterocycles. The Hall–Kier alpha value is -3.41. The second kappa shape index (κ2) is 8.99. The number of benzene rings is 2. The van der Waals surface area contributed by atoms with Gasteiger partial charge >= 0.3 is 5.97 Å². The first-order valence-corrected chi connectivity index (χ1v) is 9.16. The van der Waals surface area contributed by atoms with Crippen LogP contribution in [0.3, 0.4) is 0 Å². The van der Waals surface area contributed by atoms with Gasteiger partial charge < -0.3 is 9.84 Å². The van der Waals surface area contributed by atoms with E-state index >= 15 is 0 Å². The summed E-state index contributed by atoms with van der Waals surface area (Å²) in [6, 6.07) is 19.7. The van der Waals surface area contributed by atoms with Crippen molar-refractivity contribution in [3.63, 3.8) is 0 Å². The summed E-state index contributed by atoms with van der Waals surface area (Å²) in [5, 5.41) is 13.6. The largest absolute Gasteiger partial charge is 0.497 e. The zero-order chi connectivity index (χ0) is 19.9. The van der Waals surface area contributed by atoms with Crippen LogP contribution in [0.15, 0.2) is 60.7 Å². The molecule has 0 radical (unpaired) electrons. The van der Waals surface area contributed by atoms with Crippen LogP contribution in [0, 0.1) is 0 Å². The Labute approximate surface area is 164 Å². The number of aryl methyl sites for hydroxylation is 1. The van der Waals surface area contributed by atoms with Gasteiger partial charge in [-0.1, -0.05) is 47.6 Å². The van der Waals surface area contributed by atoms with Crippen molar-refractivity contribution < 1.29 is 19.3 Å². The summed E-state index contributed by atoms with van der Waals surface area (Å²) in [5.74, 6) is 0.540. The summed E-state index contributed by atoms with van der Waals surface area (Å²) in [4.78, 5) is 10.9. The Kier molecular flexibility index (Phi) is 6.22. The number of aromatic nitrogens is 2. The zero-order valence-corrected chi connectivity index (χ0v) is 15.8. The first kappa shape index (κ1) is 19.4. The van der Waals surface area contributed by atoms with Gasteiger partial charge in [-0.3, -0.25) is 10.5 Å². The topological polar surface area (TPSA) is 89.3 Å². The molecule has 0 aliphatic rings. The van der Waals surface area contributed by atoms with E-state index in [9.17, 15) is 4.79 Å². The van der Waals surface area contributed by atoms with E-state index in [2.05, 4.69) is 5.10 Å². The molecular formula is C22H24N3O3+. The van der Waals surface area contributed by atoms with E-state index in [1.165, 1.54) is 0 Å². The maximum absolute atomic E-state index is 10.9. The van der Waals surface area contributed by atoms with Gasteiger partial charge in [0.25, 0.3) is 5.82 Å². The Morgan fingerprint density at radius 2 is 1.86 bits per heavy atom. The number of anilines is 1. The van der Waals surface area contributed by atoms with Crippen molar-refractivity contribution in [1.82, 2.24) is 5.10 Å². The van der Waals surface area contributed by atoms with E-state index in [1.807, 2.05) is 60.7 Å². The molecule has 0 amide bonds. The molecule has 0 bridgehead atoms. The summed E-state index contributed by atoms with van der Waals surface area (Å²) < 4.78 is 6.93. The normalized spacial score (nSPS) is 10.6. The number of methoxy groups -OCH3 is 1. The van der Waals surface area contributed by atoms with Gasteiger partial charge in [-0.25, -0.2) is 0 Å². The van der Waals surface area contributed by atoms with Crippen molar-refractivity contribution >= 4 is 11.8 Å². The van der Waals surface area contributed by atoms with Crippen LogP contribution in [0.2, 0.25) is 0 Å². The van der Waals surface area contributed by atoms with Gasteiger partial charge in [0.05, 0.1) is 7.11 Å². The Bertz CT molecular complexity index is 941. The van der Waals surface area contributed by atoms with Crippen molar-refractivity contribution in [3.8, 4) is 17.0 Å². The van der Waals surface area contributed by atoms with E-state index in [0.29, 0.717) is 25.2 Å². The molecule has 6 heteroatoms. The van der Waals surface area contributed by atoms with Gasteiger partial charge in [-0.05, 0) is 30.2 Å². The molecule has 28 heavy (non-hydrogen) atoms. The van der Waals surface area contributed by atoms with Gasteiger partial charge in [0, 0.05) is 24.0 Å². The Morgan fingerprint density at radius 3 is 2.50 bits per heavy atom. The van der Waals surface area contributed by atoms with Gasteiger partial charge in [0.2, 0.25) is 0 Å². The first-order chi connectivity index (χ1) is 13.6. The van der Waals surface area contributed by atoms with E-state index < -0.39 is 5.97 Å². The second-order valence-corrected chi connectivity index (χ2v) is 6.55. The number of aliphatic carboxylic acids is 1. The Morgan fingerprint density at radius 1 is 1.14 bits per heavy atom. The van der Waals surface area contributed by atoms with E-state index in [4.69, 9.17) is 15.6 Å². The van der Waals surface area contributed by atoms with Gasteiger partial charge in [0.1, 0.15) is 18.0 Å². The molecule has 0 saturated carbocycles. The van der Waals surface area contributed by atoms with Crippen LogP contribution in [-0.4, -0.2) is 23.3 Å². The van der Waals surface area contributed by atoms with Crippen LogP contribution in [-0.2, 0) is 17.8 Å². The predicted octanol–water partition coefficient (Wildman–Crippen LogP) is 3.08. The number of nitrogen functional groups attached to an aromatic ring is 1. The van der Waals surface area contributed by atoms with E-state index in [1.54, 1.807) is 11.8 Å². The number of hydrogen-bond donors (Lipinski definition) is 2. The standard InChI is InChI=1S/C22H23N3O3/c1-28-19-11-9-16(10-12-19)14-18-15-20(17-6-3-2-4-7-17)24-25(22(18)23)13-5-8-21(26)27/h2-4,6-7,9-12,15,23H,5,8,13-14H2,1H3,(H,26,27)/p+1. The van der Waals surface area contributed by atoms with Crippen LogP contribution in [0.5, 0.6) is 5.75 Å². The molecule has 0 aliphatic carbocycles. The third-order valence-electron chi connectivity index (χ3n) is 4.53. The molecule has 1 heterocycles. The predicted molar refractivity (Wildman–Crippen MR) is 107 cm³/mol.